The summed E-state index contributed by atoms with van der Waals surface area (Å²) in [6.45, 7) is 2.56. The maximum absolute atomic E-state index is 13.2. The monoisotopic (exact) mass is 467 g/mol. The van der Waals surface area contributed by atoms with Crippen molar-refractivity contribution in [1.29, 1.82) is 0 Å². The zero-order valence-corrected chi connectivity index (χ0v) is 19.8. The number of aromatic nitrogens is 2. The van der Waals surface area contributed by atoms with Gasteiger partial charge in [0.1, 0.15) is 5.75 Å². The van der Waals surface area contributed by atoms with Crippen LogP contribution in [0.15, 0.2) is 76.5 Å². The Bertz CT molecular complexity index is 1380. The SMILES string of the molecule is COc1ccc(C#CCN2CCc3ncn(Cc4ccc(-c5ccsc5)cc4)c(=O)c3C2)cc1. The Labute approximate surface area is 203 Å². The predicted octanol–water partition coefficient (Wildman–Crippen LogP) is 4.44. The molecule has 1 aliphatic rings. The largest absolute Gasteiger partial charge is 0.497 e. The van der Waals surface area contributed by atoms with Gasteiger partial charge in [0, 0.05) is 25.1 Å². The summed E-state index contributed by atoms with van der Waals surface area (Å²) in [4.78, 5) is 20.0. The molecule has 5 nitrogen and oxygen atoms in total. The average Bonchev–Trinajstić information content (AvgIpc) is 3.42. The summed E-state index contributed by atoms with van der Waals surface area (Å²) in [5, 5.41) is 4.22. The van der Waals surface area contributed by atoms with Crippen molar-refractivity contribution < 1.29 is 4.74 Å². The van der Waals surface area contributed by atoms with E-state index < -0.39 is 0 Å². The summed E-state index contributed by atoms with van der Waals surface area (Å²) in [6.07, 6.45) is 2.46. The first-order valence-corrected chi connectivity index (χ1v) is 12.2. The number of methoxy groups -OCH3 is 1. The lowest BCUT2D eigenvalue weighted by molar-refractivity contribution is 0.280. The predicted molar refractivity (Wildman–Crippen MR) is 136 cm³/mol. The van der Waals surface area contributed by atoms with Gasteiger partial charge in [-0.2, -0.15) is 11.3 Å². The molecule has 0 saturated heterocycles. The Hall–Kier alpha value is -3.66. The molecule has 34 heavy (non-hydrogen) atoms. The number of ether oxygens (including phenoxy) is 1. The first-order chi connectivity index (χ1) is 16.7. The van der Waals surface area contributed by atoms with Crippen LogP contribution in [-0.4, -0.2) is 34.7 Å². The third kappa shape index (κ3) is 4.96. The summed E-state index contributed by atoms with van der Waals surface area (Å²) in [5.74, 6) is 7.25. The van der Waals surface area contributed by atoms with Gasteiger partial charge in [-0.1, -0.05) is 36.1 Å². The van der Waals surface area contributed by atoms with Crippen LogP contribution in [0.1, 0.15) is 22.4 Å². The van der Waals surface area contributed by atoms with Gasteiger partial charge in [0.15, 0.2) is 0 Å². The highest BCUT2D eigenvalue weighted by Gasteiger charge is 2.20. The standard InChI is InChI=1S/C28H25N3O2S/c1-33-25-10-6-21(7-11-25)3-2-14-30-15-12-27-26(18-30)28(32)31(20-29-27)17-22-4-8-23(9-5-22)24-13-16-34-19-24/h4-11,13,16,19-20H,12,14-15,17-18H2,1H3. The molecule has 3 heterocycles. The van der Waals surface area contributed by atoms with Gasteiger partial charge in [-0.15, -0.1) is 0 Å². The molecule has 0 saturated carbocycles. The van der Waals surface area contributed by atoms with Crippen LogP contribution in [0.5, 0.6) is 5.75 Å². The van der Waals surface area contributed by atoms with Gasteiger partial charge in [-0.25, -0.2) is 4.98 Å². The van der Waals surface area contributed by atoms with Crippen LogP contribution in [-0.2, 0) is 19.5 Å². The van der Waals surface area contributed by atoms with Crippen LogP contribution < -0.4 is 10.3 Å². The lowest BCUT2D eigenvalue weighted by Crippen LogP contribution is -2.38. The maximum Gasteiger partial charge on any atom is 0.258 e. The van der Waals surface area contributed by atoms with Crippen LogP contribution in [0.25, 0.3) is 11.1 Å². The molecule has 0 unspecified atom stereocenters. The molecule has 0 aliphatic carbocycles. The van der Waals surface area contributed by atoms with E-state index in [1.54, 1.807) is 29.3 Å². The van der Waals surface area contributed by atoms with Crippen LogP contribution in [0.3, 0.4) is 0 Å². The maximum atomic E-state index is 13.2. The van der Waals surface area contributed by atoms with E-state index in [1.807, 2.05) is 24.3 Å². The van der Waals surface area contributed by atoms with Crippen molar-refractivity contribution in [2.45, 2.75) is 19.5 Å². The molecule has 170 valence electrons. The summed E-state index contributed by atoms with van der Waals surface area (Å²) in [6, 6.07) is 18.2. The van der Waals surface area contributed by atoms with Crippen molar-refractivity contribution in [2.24, 2.45) is 0 Å². The molecule has 0 N–H and O–H groups in total. The van der Waals surface area contributed by atoms with E-state index in [-0.39, 0.29) is 5.56 Å². The molecule has 2 aromatic heterocycles. The highest BCUT2D eigenvalue weighted by Crippen LogP contribution is 2.22. The van der Waals surface area contributed by atoms with Gasteiger partial charge in [0.2, 0.25) is 0 Å². The molecule has 2 aromatic carbocycles. The molecular weight excluding hydrogens is 442 g/mol. The molecule has 5 rings (SSSR count). The Morgan fingerprint density at radius 2 is 1.88 bits per heavy atom. The minimum absolute atomic E-state index is 0.0414. The van der Waals surface area contributed by atoms with Crippen molar-refractivity contribution in [1.82, 2.24) is 14.5 Å². The molecule has 0 bridgehead atoms. The zero-order chi connectivity index (χ0) is 23.3. The highest BCUT2D eigenvalue weighted by molar-refractivity contribution is 7.08. The lowest BCUT2D eigenvalue weighted by Gasteiger charge is -2.26. The second kappa shape index (κ2) is 10.1. The van der Waals surface area contributed by atoms with Crippen LogP contribution in [0.4, 0.5) is 0 Å². The van der Waals surface area contributed by atoms with Crippen LogP contribution >= 0.6 is 11.3 Å². The van der Waals surface area contributed by atoms with E-state index in [2.05, 4.69) is 62.8 Å². The minimum Gasteiger partial charge on any atom is -0.497 e. The van der Waals surface area contributed by atoms with Crippen molar-refractivity contribution in [3.63, 3.8) is 0 Å². The van der Waals surface area contributed by atoms with Crippen LogP contribution in [0.2, 0.25) is 0 Å². The lowest BCUT2D eigenvalue weighted by atomic mass is 10.1. The molecular formula is C28H25N3O2S. The fourth-order valence-corrected chi connectivity index (χ4v) is 4.78. The number of nitrogens with zero attached hydrogens (tertiary/aromatic N) is 3. The minimum atomic E-state index is 0.0414. The third-order valence-corrected chi connectivity index (χ3v) is 6.74. The van der Waals surface area contributed by atoms with E-state index in [0.29, 0.717) is 19.6 Å². The summed E-state index contributed by atoms with van der Waals surface area (Å²) < 4.78 is 6.90. The molecule has 0 radical (unpaired) electrons. The van der Waals surface area contributed by atoms with Gasteiger partial charge in [0.05, 0.1) is 37.8 Å². The third-order valence-electron chi connectivity index (χ3n) is 6.05. The van der Waals surface area contributed by atoms with E-state index in [1.165, 1.54) is 11.1 Å². The number of fused-ring (bicyclic) bond motifs is 1. The Morgan fingerprint density at radius 3 is 2.62 bits per heavy atom. The first-order valence-electron chi connectivity index (χ1n) is 11.2. The molecule has 0 fully saturated rings. The normalized spacial score (nSPS) is 13.1. The van der Waals surface area contributed by atoms with Gasteiger partial charge in [-0.3, -0.25) is 14.3 Å². The van der Waals surface area contributed by atoms with Gasteiger partial charge >= 0.3 is 0 Å². The van der Waals surface area contributed by atoms with Gasteiger partial charge in [-0.05, 0) is 57.8 Å². The number of benzene rings is 2. The molecule has 0 spiro atoms. The van der Waals surface area contributed by atoms with Gasteiger partial charge in [0.25, 0.3) is 5.56 Å². The second-order valence-electron chi connectivity index (χ2n) is 8.30. The highest BCUT2D eigenvalue weighted by atomic mass is 32.1. The Kier molecular flexibility index (Phi) is 6.57. The molecule has 0 atom stereocenters. The van der Waals surface area contributed by atoms with Crippen molar-refractivity contribution in [2.75, 3.05) is 20.2 Å². The fourth-order valence-electron chi connectivity index (χ4n) is 4.11. The van der Waals surface area contributed by atoms with Crippen molar-refractivity contribution in [3.8, 4) is 28.7 Å². The molecule has 4 aromatic rings. The first kappa shape index (κ1) is 22.1. The van der Waals surface area contributed by atoms with E-state index in [9.17, 15) is 4.79 Å². The number of thiophene rings is 1. The Morgan fingerprint density at radius 1 is 1.06 bits per heavy atom. The number of rotatable bonds is 5. The fraction of sp³-hybridized carbons (Fsp3) is 0.214. The molecule has 6 heteroatoms. The smallest absolute Gasteiger partial charge is 0.258 e. The second-order valence-corrected chi connectivity index (χ2v) is 9.08. The zero-order valence-electron chi connectivity index (χ0n) is 19.0. The summed E-state index contributed by atoms with van der Waals surface area (Å²) in [5.41, 5.74) is 6.18. The topological polar surface area (TPSA) is 47.4 Å². The summed E-state index contributed by atoms with van der Waals surface area (Å²) >= 11 is 1.69. The van der Waals surface area contributed by atoms with Gasteiger partial charge < -0.3 is 4.74 Å². The van der Waals surface area contributed by atoms with Crippen molar-refractivity contribution >= 4 is 11.3 Å². The molecule has 0 amide bonds. The van der Waals surface area contributed by atoms with E-state index >= 15 is 0 Å². The molecule has 1 aliphatic heterocycles. The number of hydrogen-bond donors (Lipinski definition) is 0. The Balaban J connectivity index is 1.27. The quantitative estimate of drug-likeness (QED) is 0.407. The summed E-state index contributed by atoms with van der Waals surface area (Å²) in [7, 11) is 1.65. The van der Waals surface area contributed by atoms with E-state index in [0.717, 1.165) is 41.1 Å². The van der Waals surface area contributed by atoms with Crippen molar-refractivity contribution in [3.05, 3.63) is 104 Å². The van der Waals surface area contributed by atoms with E-state index in [4.69, 9.17) is 4.74 Å². The number of hydrogen-bond acceptors (Lipinski definition) is 5. The van der Waals surface area contributed by atoms with Crippen LogP contribution in [0, 0.1) is 11.8 Å². The average molecular weight is 468 g/mol.